The van der Waals surface area contributed by atoms with Crippen LogP contribution in [0, 0.1) is 17.1 Å². The topological polar surface area (TPSA) is 56.6 Å². The molecule has 0 unspecified atom stereocenters. The molecule has 140 valence electrons. The molecule has 0 aliphatic carbocycles. The number of amides is 1. The van der Waals surface area contributed by atoms with Gasteiger partial charge in [-0.25, -0.2) is 4.39 Å². The lowest BCUT2D eigenvalue weighted by Crippen LogP contribution is -2.49. The summed E-state index contributed by atoms with van der Waals surface area (Å²) in [6, 6.07) is 13.4. The maximum atomic E-state index is 13.9. The minimum atomic E-state index is -0.311. The molecular formula is C20H19ClFN3O2. The monoisotopic (exact) mass is 387 g/mol. The van der Waals surface area contributed by atoms with E-state index in [1.165, 1.54) is 6.07 Å². The lowest BCUT2D eigenvalue weighted by atomic mass is 10.2. The van der Waals surface area contributed by atoms with Crippen molar-refractivity contribution in [1.82, 2.24) is 9.80 Å². The average Bonchev–Trinajstić information content (AvgIpc) is 2.69. The molecule has 1 aliphatic rings. The van der Waals surface area contributed by atoms with E-state index in [-0.39, 0.29) is 18.3 Å². The smallest absolute Gasteiger partial charge is 0.260 e. The van der Waals surface area contributed by atoms with Crippen molar-refractivity contribution in [3.8, 4) is 11.8 Å². The van der Waals surface area contributed by atoms with E-state index >= 15 is 0 Å². The number of benzene rings is 2. The average molecular weight is 388 g/mol. The molecule has 1 heterocycles. The van der Waals surface area contributed by atoms with E-state index in [1.54, 1.807) is 41.3 Å². The highest BCUT2D eigenvalue weighted by molar-refractivity contribution is 6.31. The fourth-order valence-electron chi connectivity index (χ4n) is 2.95. The van der Waals surface area contributed by atoms with Gasteiger partial charge in [0.1, 0.15) is 11.6 Å². The number of hydrogen-bond acceptors (Lipinski definition) is 4. The molecule has 7 heteroatoms. The molecule has 2 aromatic rings. The zero-order chi connectivity index (χ0) is 19.2. The van der Waals surface area contributed by atoms with Gasteiger partial charge in [0.25, 0.3) is 5.91 Å². The summed E-state index contributed by atoms with van der Waals surface area (Å²) in [5.74, 6) is 0.0742. The van der Waals surface area contributed by atoms with Crippen LogP contribution in [0.5, 0.6) is 5.75 Å². The van der Waals surface area contributed by atoms with Crippen LogP contribution in [0.15, 0.2) is 42.5 Å². The first kappa shape index (κ1) is 19.2. The first-order valence-electron chi connectivity index (χ1n) is 8.63. The van der Waals surface area contributed by atoms with Crippen molar-refractivity contribution in [2.45, 2.75) is 6.54 Å². The van der Waals surface area contributed by atoms with Gasteiger partial charge in [0.05, 0.1) is 11.6 Å². The third-order valence-electron chi connectivity index (χ3n) is 4.49. The van der Waals surface area contributed by atoms with Gasteiger partial charge >= 0.3 is 0 Å². The summed E-state index contributed by atoms with van der Waals surface area (Å²) in [7, 11) is 0. The summed E-state index contributed by atoms with van der Waals surface area (Å²) in [5, 5.41) is 9.31. The van der Waals surface area contributed by atoms with Crippen molar-refractivity contribution in [1.29, 1.82) is 5.26 Å². The van der Waals surface area contributed by atoms with Gasteiger partial charge in [-0.15, -0.1) is 0 Å². The molecule has 0 bridgehead atoms. The Hall–Kier alpha value is -2.62. The molecule has 5 nitrogen and oxygen atoms in total. The highest BCUT2D eigenvalue weighted by Gasteiger charge is 2.22. The molecule has 1 fully saturated rings. The van der Waals surface area contributed by atoms with Crippen LogP contribution in [0.3, 0.4) is 0 Å². The molecule has 27 heavy (non-hydrogen) atoms. The Morgan fingerprint density at radius 1 is 1.19 bits per heavy atom. The Morgan fingerprint density at radius 3 is 2.63 bits per heavy atom. The van der Waals surface area contributed by atoms with E-state index in [9.17, 15) is 9.18 Å². The third-order valence-corrected chi connectivity index (χ3v) is 4.85. The number of carbonyl (C=O) groups excluding carboxylic acids is 1. The van der Waals surface area contributed by atoms with Gasteiger partial charge in [-0.2, -0.15) is 5.26 Å². The fourth-order valence-corrected chi connectivity index (χ4v) is 3.18. The summed E-state index contributed by atoms with van der Waals surface area (Å²) < 4.78 is 19.4. The number of ether oxygens (including phenoxy) is 1. The number of nitrogens with zero attached hydrogens (tertiary/aromatic N) is 3. The molecule has 0 aromatic heterocycles. The maximum absolute atomic E-state index is 13.9. The fraction of sp³-hybridized carbons (Fsp3) is 0.300. The van der Waals surface area contributed by atoms with E-state index in [2.05, 4.69) is 4.90 Å². The Labute approximate surface area is 162 Å². The van der Waals surface area contributed by atoms with Crippen molar-refractivity contribution in [2.24, 2.45) is 0 Å². The van der Waals surface area contributed by atoms with E-state index in [1.807, 2.05) is 6.07 Å². The molecule has 1 aliphatic heterocycles. The predicted octanol–water partition coefficient (Wildman–Crippen LogP) is 3.07. The van der Waals surface area contributed by atoms with Gasteiger partial charge in [-0.3, -0.25) is 9.69 Å². The second kappa shape index (κ2) is 8.85. The Kier molecular flexibility index (Phi) is 6.28. The molecule has 1 saturated heterocycles. The van der Waals surface area contributed by atoms with Crippen molar-refractivity contribution < 1.29 is 13.9 Å². The molecule has 0 atom stereocenters. The normalized spacial score (nSPS) is 14.6. The number of rotatable bonds is 5. The minimum absolute atomic E-state index is 0.0754. The summed E-state index contributed by atoms with van der Waals surface area (Å²) >= 11 is 6.08. The van der Waals surface area contributed by atoms with Gasteiger partial charge in [-0.05, 0) is 30.3 Å². The lowest BCUT2D eigenvalue weighted by molar-refractivity contribution is -0.135. The standard InChI is InChI=1S/C20H19ClFN3O2/c21-18-5-2-6-19(22)17(18)13-24-7-9-25(10-8-24)20(26)14-27-16-4-1-3-15(11-16)12-23/h1-6,11H,7-10,13-14H2. The number of carbonyl (C=O) groups is 1. The zero-order valence-electron chi connectivity index (χ0n) is 14.7. The van der Waals surface area contributed by atoms with E-state index < -0.39 is 0 Å². The second-order valence-corrected chi connectivity index (χ2v) is 6.69. The highest BCUT2D eigenvalue weighted by atomic mass is 35.5. The SMILES string of the molecule is N#Cc1cccc(OCC(=O)N2CCN(Cc3c(F)cccc3Cl)CC2)c1. The maximum Gasteiger partial charge on any atom is 0.260 e. The Balaban J connectivity index is 1.48. The van der Waals surface area contributed by atoms with Gasteiger partial charge in [0.15, 0.2) is 6.61 Å². The van der Waals surface area contributed by atoms with Crippen LogP contribution in [0.2, 0.25) is 5.02 Å². The lowest BCUT2D eigenvalue weighted by Gasteiger charge is -2.34. The van der Waals surface area contributed by atoms with Crippen molar-refractivity contribution in [3.63, 3.8) is 0 Å². The Bertz CT molecular complexity index is 840. The minimum Gasteiger partial charge on any atom is -0.484 e. The summed E-state index contributed by atoms with van der Waals surface area (Å²) in [6.45, 7) is 2.72. The van der Waals surface area contributed by atoms with Gasteiger partial charge in [0.2, 0.25) is 0 Å². The van der Waals surface area contributed by atoms with E-state index in [4.69, 9.17) is 21.6 Å². The molecule has 0 N–H and O–H groups in total. The molecule has 0 saturated carbocycles. The van der Waals surface area contributed by atoms with Crippen LogP contribution in [0.25, 0.3) is 0 Å². The third kappa shape index (κ3) is 4.97. The molecule has 2 aromatic carbocycles. The van der Waals surface area contributed by atoms with Crippen LogP contribution in [0.1, 0.15) is 11.1 Å². The van der Waals surface area contributed by atoms with Crippen molar-refractivity contribution in [3.05, 3.63) is 64.4 Å². The van der Waals surface area contributed by atoms with Crippen LogP contribution >= 0.6 is 11.6 Å². The van der Waals surface area contributed by atoms with E-state index in [0.717, 1.165) is 0 Å². The van der Waals surface area contributed by atoms with Crippen molar-refractivity contribution >= 4 is 17.5 Å². The highest BCUT2D eigenvalue weighted by Crippen LogP contribution is 2.21. The number of hydrogen-bond donors (Lipinski definition) is 0. The van der Waals surface area contributed by atoms with Crippen LogP contribution in [-0.4, -0.2) is 48.5 Å². The van der Waals surface area contributed by atoms with Crippen molar-refractivity contribution in [2.75, 3.05) is 32.8 Å². The number of halogens is 2. The van der Waals surface area contributed by atoms with Gasteiger partial charge in [0, 0.05) is 43.3 Å². The predicted molar refractivity (Wildman–Crippen MR) is 99.9 cm³/mol. The van der Waals surface area contributed by atoms with Crippen LogP contribution in [0.4, 0.5) is 4.39 Å². The first-order valence-corrected chi connectivity index (χ1v) is 9.00. The second-order valence-electron chi connectivity index (χ2n) is 6.29. The quantitative estimate of drug-likeness (QED) is 0.791. The van der Waals surface area contributed by atoms with Crippen LogP contribution < -0.4 is 4.74 Å². The summed E-state index contributed by atoms with van der Waals surface area (Å²) in [6.07, 6.45) is 0. The number of nitriles is 1. The summed E-state index contributed by atoms with van der Waals surface area (Å²) in [5.41, 5.74) is 0.972. The largest absolute Gasteiger partial charge is 0.484 e. The summed E-state index contributed by atoms with van der Waals surface area (Å²) in [4.78, 5) is 16.1. The Morgan fingerprint density at radius 2 is 1.93 bits per heavy atom. The molecule has 0 radical (unpaired) electrons. The zero-order valence-corrected chi connectivity index (χ0v) is 15.5. The number of piperazine rings is 1. The molecule has 0 spiro atoms. The van der Waals surface area contributed by atoms with Crippen LogP contribution in [-0.2, 0) is 11.3 Å². The first-order chi connectivity index (χ1) is 13.1. The molecule has 3 rings (SSSR count). The van der Waals surface area contributed by atoms with E-state index in [0.29, 0.717) is 54.6 Å². The van der Waals surface area contributed by atoms with Gasteiger partial charge < -0.3 is 9.64 Å². The molecule has 1 amide bonds. The van der Waals surface area contributed by atoms with Gasteiger partial charge in [-0.1, -0.05) is 23.7 Å². The molecular weight excluding hydrogens is 369 g/mol.